The number of alkyl halides is 1. The smallest absolute Gasteiger partial charge is 0.330 e. The summed E-state index contributed by atoms with van der Waals surface area (Å²) < 4.78 is 35.1. The van der Waals surface area contributed by atoms with Crippen molar-refractivity contribution in [2.75, 3.05) is 25.3 Å². The van der Waals surface area contributed by atoms with Crippen molar-refractivity contribution in [3.05, 3.63) is 66.2 Å². The predicted octanol–water partition coefficient (Wildman–Crippen LogP) is -1.18. The number of rotatable bonds is 8. The Balaban J connectivity index is 0.000000293. The summed E-state index contributed by atoms with van der Waals surface area (Å²) in [7, 11) is 2.82. The van der Waals surface area contributed by atoms with E-state index in [2.05, 4.69) is 32.6 Å². The molecule has 4 rings (SSSR count). The molecule has 240 valence electrons. The van der Waals surface area contributed by atoms with E-state index in [0.29, 0.717) is 4.43 Å². The number of aliphatic hydroxyl groups excluding tert-OH is 1. The van der Waals surface area contributed by atoms with Gasteiger partial charge in [-0.05, 0) is 0 Å². The van der Waals surface area contributed by atoms with Gasteiger partial charge in [-0.3, -0.25) is 38.3 Å². The number of esters is 2. The van der Waals surface area contributed by atoms with Gasteiger partial charge in [0.15, 0.2) is 24.7 Å². The second kappa shape index (κ2) is 16.1. The molecule has 2 unspecified atom stereocenters. The Morgan fingerprint density at radius 2 is 1.21 bits per heavy atom. The zero-order valence-corrected chi connectivity index (χ0v) is 25.1. The number of nitrogens with zero attached hydrogens (tertiary/aromatic N) is 2. The molecule has 2 aliphatic heterocycles. The minimum Gasteiger partial charge on any atom is -0.457 e. The van der Waals surface area contributed by atoms with Gasteiger partial charge in [0, 0.05) is 57.0 Å². The van der Waals surface area contributed by atoms with Crippen molar-refractivity contribution in [2.24, 2.45) is 0 Å². The number of halogens is 1. The van der Waals surface area contributed by atoms with Gasteiger partial charge in [0.1, 0.15) is 24.4 Å². The molecule has 17 nitrogen and oxygen atoms in total. The van der Waals surface area contributed by atoms with E-state index in [4.69, 9.17) is 28.4 Å². The highest BCUT2D eigenvalue weighted by Gasteiger charge is 2.49. The molecule has 3 N–H and O–H groups in total. The van der Waals surface area contributed by atoms with Crippen molar-refractivity contribution in [3.63, 3.8) is 0 Å². The highest BCUT2D eigenvalue weighted by atomic mass is 127. The van der Waals surface area contributed by atoms with Crippen LogP contribution in [0.1, 0.15) is 33.7 Å². The Hall–Kier alpha value is -3.17. The molecule has 0 aromatic carbocycles. The number of aromatic amines is 2. The number of aliphatic hydroxyl groups is 1. The maximum atomic E-state index is 11.9. The maximum absolute atomic E-state index is 11.9. The summed E-state index contributed by atoms with van der Waals surface area (Å²) in [5.41, 5.74) is -2.33. The van der Waals surface area contributed by atoms with Crippen molar-refractivity contribution < 1.29 is 43.1 Å². The minimum absolute atomic E-state index is 0. The number of methoxy groups -OCH3 is 2. The van der Waals surface area contributed by atoms with Gasteiger partial charge in [0.25, 0.3) is 11.1 Å². The molecule has 4 heterocycles. The minimum atomic E-state index is -0.930. The Morgan fingerprint density at radius 1 is 0.814 bits per heavy atom. The lowest BCUT2D eigenvalue weighted by Gasteiger charge is -2.22. The first-order valence-electron chi connectivity index (χ1n) is 12.5. The average molecular weight is 726 g/mol. The summed E-state index contributed by atoms with van der Waals surface area (Å²) in [6, 6.07) is 2.38. The van der Waals surface area contributed by atoms with Gasteiger partial charge in [-0.1, -0.05) is 30.0 Å². The second-order valence-electron chi connectivity index (χ2n) is 9.05. The number of H-pyrrole nitrogens is 2. The summed E-state index contributed by atoms with van der Waals surface area (Å²) in [6.45, 7) is 2.11. The molecular weight excluding hydrogens is 691 g/mol. The highest BCUT2D eigenvalue weighted by Crippen LogP contribution is 2.34. The van der Waals surface area contributed by atoms with Crippen molar-refractivity contribution >= 4 is 34.5 Å². The van der Waals surface area contributed by atoms with E-state index in [-0.39, 0.29) is 7.43 Å². The predicted molar refractivity (Wildman–Crippen MR) is 156 cm³/mol. The normalized spacial score (nSPS) is 27.9. The molecule has 2 aliphatic rings. The fourth-order valence-electron chi connectivity index (χ4n) is 4.56. The summed E-state index contributed by atoms with van der Waals surface area (Å²) in [5, 5.41) is 9.32. The third-order valence-electron chi connectivity index (χ3n) is 6.30. The molecule has 0 bridgehead atoms. The Morgan fingerprint density at radius 3 is 1.53 bits per heavy atom. The van der Waals surface area contributed by atoms with Crippen LogP contribution in [0.15, 0.2) is 43.7 Å². The zero-order valence-electron chi connectivity index (χ0n) is 23.0. The fourth-order valence-corrected chi connectivity index (χ4v) is 5.27. The third kappa shape index (κ3) is 8.48. The van der Waals surface area contributed by atoms with Crippen molar-refractivity contribution in [3.8, 4) is 0 Å². The van der Waals surface area contributed by atoms with Crippen LogP contribution in [0.4, 0.5) is 0 Å². The van der Waals surface area contributed by atoms with Crippen LogP contribution in [0, 0.1) is 0 Å². The van der Waals surface area contributed by atoms with E-state index < -0.39 is 90.1 Å². The van der Waals surface area contributed by atoms with Crippen LogP contribution in [0.3, 0.4) is 0 Å². The van der Waals surface area contributed by atoms with Gasteiger partial charge in [-0.15, -0.1) is 0 Å². The first kappa shape index (κ1) is 36.0. The first-order valence-corrected chi connectivity index (χ1v) is 14.0. The number of hydrogen-bond acceptors (Lipinski definition) is 13. The molecule has 0 radical (unpaired) electrons. The molecule has 0 saturated carbocycles. The van der Waals surface area contributed by atoms with Crippen LogP contribution in [-0.4, -0.2) is 98.0 Å². The Labute approximate surface area is 258 Å². The standard InChI is InChI=1S/C12H15IN2O6.C12H16N2O7.CH4/c1-6(16)20-9-7(5-13)21-11(10(9)19-2)15-4-3-8(17)14-12(15)18;1-6(16)20-9-7(5-15)21-11(10(9)19-2)14-4-3-8(17)13-12(14)18;/h3-4,7,9-11H,5H2,1-2H3,(H,14,17,18);3-4,7,9-11,15H,5H2,1-2H3,(H,13,17,18);1H4/t2*7-,9+,10?,11-;/m11./s1. The first-order chi connectivity index (χ1) is 19.9. The van der Waals surface area contributed by atoms with Crippen LogP contribution in [0.2, 0.25) is 0 Å². The molecule has 43 heavy (non-hydrogen) atoms. The van der Waals surface area contributed by atoms with Crippen molar-refractivity contribution in [2.45, 2.75) is 70.4 Å². The van der Waals surface area contributed by atoms with Crippen LogP contribution in [-0.2, 0) is 38.0 Å². The molecule has 0 aliphatic carbocycles. The monoisotopic (exact) mass is 726 g/mol. The van der Waals surface area contributed by atoms with Crippen LogP contribution < -0.4 is 22.5 Å². The molecule has 2 fully saturated rings. The van der Waals surface area contributed by atoms with Crippen molar-refractivity contribution in [1.29, 1.82) is 0 Å². The average Bonchev–Trinajstić information content (AvgIpc) is 3.45. The number of carbonyl (C=O) groups excluding carboxylic acids is 2. The van der Waals surface area contributed by atoms with Gasteiger partial charge in [0.05, 0.1) is 6.61 Å². The molecule has 18 heteroatoms. The van der Waals surface area contributed by atoms with Crippen LogP contribution in [0.5, 0.6) is 0 Å². The van der Waals surface area contributed by atoms with E-state index in [0.717, 1.165) is 10.6 Å². The number of ether oxygens (including phenoxy) is 6. The Kier molecular flexibility index (Phi) is 13.5. The lowest BCUT2D eigenvalue weighted by atomic mass is 10.1. The second-order valence-corrected chi connectivity index (χ2v) is 9.93. The van der Waals surface area contributed by atoms with Gasteiger partial charge in [-0.25, -0.2) is 9.59 Å². The Bertz CT molecular complexity index is 1360. The largest absolute Gasteiger partial charge is 0.457 e. The van der Waals surface area contributed by atoms with Gasteiger partial charge >= 0.3 is 23.3 Å². The number of carbonyl (C=O) groups is 2. The van der Waals surface area contributed by atoms with Gasteiger partial charge in [0.2, 0.25) is 0 Å². The van der Waals surface area contributed by atoms with E-state index in [1.54, 1.807) is 0 Å². The van der Waals surface area contributed by atoms with E-state index in [9.17, 15) is 33.9 Å². The highest BCUT2D eigenvalue weighted by molar-refractivity contribution is 14.1. The van der Waals surface area contributed by atoms with Crippen LogP contribution >= 0.6 is 22.6 Å². The third-order valence-corrected chi connectivity index (χ3v) is 7.17. The van der Waals surface area contributed by atoms with E-state index in [1.807, 2.05) is 0 Å². The van der Waals surface area contributed by atoms with Crippen molar-refractivity contribution in [1.82, 2.24) is 19.1 Å². The summed E-state index contributed by atoms with van der Waals surface area (Å²) in [6.07, 6.45) is -3.27. The molecule has 2 aromatic rings. The molecular formula is C25H35IN4O13. The fraction of sp³-hybridized carbons (Fsp3) is 0.600. The lowest BCUT2D eigenvalue weighted by molar-refractivity contribution is -0.155. The molecule has 2 aromatic heterocycles. The number of aromatic nitrogens is 4. The molecule has 2 saturated heterocycles. The lowest BCUT2D eigenvalue weighted by Crippen LogP contribution is -2.40. The van der Waals surface area contributed by atoms with Gasteiger partial charge < -0.3 is 33.5 Å². The van der Waals surface area contributed by atoms with Crippen LogP contribution in [0.25, 0.3) is 0 Å². The summed E-state index contributed by atoms with van der Waals surface area (Å²) in [5.74, 6) is -1.01. The molecule has 8 atom stereocenters. The maximum Gasteiger partial charge on any atom is 0.330 e. The van der Waals surface area contributed by atoms with Gasteiger partial charge in [-0.2, -0.15) is 0 Å². The quantitative estimate of drug-likeness (QED) is 0.166. The van der Waals surface area contributed by atoms with E-state index >= 15 is 0 Å². The number of nitrogens with one attached hydrogen (secondary N) is 2. The zero-order chi connectivity index (χ0) is 31.1. The summed E-state index contributed by atoms with van der Waals surface area (Å²) in [4.78, 5) is 72.5. The molecule has 0 spiro atoms. The van der Waals surface area contributed by atoms with E-state index in [1.165, 1.54) is 51.1 Å². The summed E-state index contributed by atoms with van der Waals surface area (Å²) >= 11 is 2.10. The number of hydrogen-bond donors (Lipinski definition) is 3. The topological polar surface area (TPSA) is 219 Å². The molecule has 0 amide bonds. The SMILES string of the molecule is C.COC1[C@@H](OC(C)=O)[C@@H](CI)O[C@H]1n1ccc(=O)[nH]c1=O.COC1[C@@H](OC(C)=O)[C@@H](CO)O[C@H]1n1ccc(=O)[nH]c1=O.